The summed E-state index contributed by atoms with van der Waals surface area (Å²) in [4.78, 5) is 0. The Morgan fingerprint density at radius 2 is 1.50 bits per heavy atom. The molecule has 0 heteroatoms. The Balaban J connectivity index is 2.04. The van der Waals surface area contributed by atoms with Crippen LogP contribution in [-0.4, -0.2) is 0 Å². The monoisotopic (exact) mass is 312 g/mol. The number of benzene rings is 2. The van der Waals surface area contributed by atoms with Gasteiger partial charge >= 0.3 is 0 Å². The maximum atomic E-state index is 2.37. The van der Waals surface area contributed by atoms with Gasteiger partial charge < -0.3 is 0 Å². The maximum absolute atomic E-state index is 2.37. The van der Waals surface area contributed by atoms with Gasteiger partial charge in [-0.15, -0.1) is 0 Å². The molecule has 2 aromatic carbocycles. The lowest BCUT2D eigenvalue weighted by Crippen LogP contribution is -2.14. The van der Waals surface area contributed by atoms with Gasteiger partial charge in [-0.3, -0.25) is 0 Å². The Morgan fingerprint density at radius 3 is 2.25 bits per heavy atom. The van der Waals surface area contributed by atoms with E-state index in [2.05, 4.69) is 94.5 Å². The number of hydrogen-bond acceptors (Lipinski definition) is 0. The summed E-state index contributed by atoms with van der Waals surface area (Å²) in [5.41, 5.74) is 9.96. The second kappa shape index (κ2) is 5.34. The highest BCUT2D eigenvalue weighted by molar-refractivity contribution is 5.92. The van der Waals surface area contributed by atoms with Gasteiger partial charge in [0.05, 0.1) is 0 Å². The van der Waals surface area contributed by atoms with Crippen LogP contribution in [0.15, 0.2) is 77.9 Å². The van der Waals surface area contributed by atoms with E-state index in [0.717, 1.165) is 0 Å². The van der Waals surface area contributed by atoms with E-state index >= 15 is 0 Å². The predicted molar refractivity (Wildman–Crippen MR) is 103 cm³/mol. The van der Waals surface area contributed by atoms with E-state index in [-0.39, 0.29) is 5.41 Å². The quantitative estimate of drug-likeness (QED) is 0.571. The number of hydrogen-bond donors (Lipinski definition) is 0. The Hall–Kier alpha value is -2.34. The van der Waals surface area contributed by atoms with Crippen LogP contribution in [0, 0.1) is 0 Å². The molecule has 4 rings (SSSR count). The molecule has 0 fully saturated rings. The molecule has 0 amide bonds. The summed E-state index contributed by atoms with van der Waals surface area (Å²) in [7, 11) is 0. The Labute approximate surface area is 145 Å². The minimum absolute atomic E-state index is 0.125. The standard InChI is InChI=1S/C24H24/c1-16-13-14-18-17-9-5-6-10-19(17)23(21(18)15-16)20-11-7-8-12-22(20)24(2,3)4/h5-15,18H,1-4H3. The van der Waals surface area contributed by atoms with Gasteiger partial charge in [0.15, 0.2) is 0 Å². The van der Waals surface area contributed by atoms with Gasteiger partial charge in [-0.25, -0.2) is 0 Å². The van der Waals surface area contributed by atoms with Crippen molar-refractivity contribution < 1.29 is 0 Å². The molecule has 0 aliphatic heterocycles. The lowest BCUT2D eigenvalue weighted by atomic mass is 9.80. The lowest BCUT2D eigenvalue weighted by molar-refractivity contribution is 0.588. The van der Waals surface area contributed by atoms with E-state index in [1.54, 1.807) is 0 Å². The maximum Gasteiger partial charge on any atom is 0.0285 e. The van der Waals surface area contributed by atoms with E-state index in [1.165, 1.54) is 39.0 Å². The molecule has 0 spiro atoms. The zero-order valence-corrected chi connectivity index (χ0v) is 14.9. The summed E-state index contributed by atoms with van der Waals surface area (Å²) in [5, 5.41) is 0. The normalized spacial score (nSPS) is 19.2. The van der Waals surface area contributed by atoms with Gasteiger partial charge in [-0.05, 0) is 45.7 Å². The molecule has 1 unspecified atom stereocenters. The summed E-state index contributed by atoms with van der Waals surface area (Å²) in [5.74, 6) is 0.396. The van der Waals surface area contributed by atoms with Crippen LogP contribution in [0.2, 0.25) is 0 Å². The molecule has 0 radical (unpaired) electrons. The zero-order chi connectivity index (χ0) is 16.9. The second-order valence-electron chi connectivity index (χ2n) is 7.94. The van der Waals surface area contributed by atoms with Crippen molar-refractivity contribution in [2.24, 2.45) is 0 Å². The van der Waals surface area contributed by atoms with Crippen LogP contribution >= 0.6 is 0 Å². The molecule has 0 heterocycles. The largest absolute Gasteiger partial charge is 0.0723 e. The van der Waals surface area contributed by atoms with Crippen LogP contribution < -0.4 is 0 Å². The molecule has 0 N–H and O–H groups in total. The molecule has 0 aromatic heterocycles. The first-order chi connectivity index (χ1) is 11.5. The van der Waals surface area contributed by atoms with E-state index < -0.39 is 0 Å². The molecule has 0 saturated carbocycles. The van der Waals surface area contributed by atoms with Crippen molar-refractivity contribution in [1.29, 1.82) is 0 Å². The van der Waals surface area contributed by atoms with Crippen LogP contribution in [0.4, 0.5) is 0 Å². The van der Waals surface area contributed by atoms with Crippen LogP contribution in [0.1, 0.15) is 55.9 Å². The van der Waals surface area contributed by atoms with E-state index in [4.69, 9.17) is 0 Å². The SMILES string of the molecule is CC1=CC2=C(c3ccccc3C(C)(C)C)c3ccccc3C2C=C1. The van der Waals surface area contributed by atoms with Crippen molar-refractivity contribution >= 4 is 5.57 Å². The van der Waals surface area contributed by atoms with Crippen molar-refractivity contribution in [2.75, 3.05) is 0 Å². The smallest absolute Gasteiger partial charge is 0.0285 e. The Kier molecular flexibility index (Phi) is 3.38. The first-order valence-corrected chi connectivity index (χ1v) is 8.76. The first-order valence-electron chi connectivity index (χ1n) is 8.76. The minimum atomic E-state index is 0.125. The summed E-state index contributed by atoms with van der Waals surface area (Å²) >= 11 is 0. The van der Waals surface area contributed by atoms with Crippen LogP contribution in [0.25, 0.3) is 5.57 Å². The first kappa shape index (κ1) is 15.2. The van der Waals surface area contributed by atoms with Gasteiger partial charge in [-0.2, -0.15) is 0 Å². The number of rotatable bonds is 1. The third-order valence-corrected chi connectivity index (χ3v) is 5.13. The summed E-state index contributed by atoms with van der Waals surface area (Å²) in [6, 6.07) is 17.8. The third kappa shape index (κ3) is 2.29. The van der Waals surface area contributed by atoms with Gasteiger partial charge in [0.1, 0.15) is 0 Å². The summed E-state index contributed by atoms with van der Waals surface area (Å²) in [6.07, 6.45) is 6.99. The molecular weight excluding hydrogens is 288 g/mol. The highest BCUT2D eigenvalue weighted by Gasteiger charge is 2.32. The molecule has 2 aromatic rings. The summed E-state index contributed by atoms with van der Waals surface area (Å²) < 4.78 is 0. The van der Waals surface area contributed by atoms with Crippen molar-refractivity contribution in [1.82, 2.24) is 0 Å². The van der Waals surface area contributed by atoms with Gasteiger partial charge in [0.25, 0.3) is 0 Å². The third-order valence-electron chi connectivity index (χ3n) is 5.13. The topological polar surface area (TPSA) is 0 Å². The van der Waals surface area contributed by atoms with Crippen molar-refractivity contribution in [3.8, 4) is 0 Å². The van der Waals surface area contributed by atoms with Gasteiger partial charge in [0.2, 0.25) is 0 Å². The lowest BCUT2D eigenvalue weighted by Gasteiger charge is -2.24. The van der Waals surface area contributed by atoms with Crippen LogP contribution in [0.3, 0.4) is 0 Å². The number of fused-ring (bicyclic) bond motifs is 3. The molecule has 0 saturated heterocycles. The fourth-order valence-corrected chi connectivity index (χ4v) is 4.04. The van der Waals surface area contributed by atoms with E-state index in [1.807, 2.05) is 0 Å². The van der Waals surface area contributed by atoms with Crippen molar-refractivity contribution in [3.63, 3.8) is 0 Å². The van der Waals surface area contributed by atoms with Crippen LogP contribution in [-0.2, 0) is 5.41 Å². The number of allylic oxidation sites excluding steroid dienone is 5. The molecule has 0 nitrogen and oxygen atoms in total. The Morgan fingerprint density at radius 1 is 0.833 bits per heavy atom. The van der Waals surface area contributed by atoms with Gasteiger partial charge in [-0.1, -0.05) is 93.1 Å². The second-order valence-corrected chi connectivity index (χ2v) is 7.94. The fourth-order valence-electron chi connectivity index (χ4n) is 4.04. The Bertz CT molecular complexity index is 898. The van der Waals surface area contributed by atoms with Gasteiger partial charge in [0, 0.05) is 5.92 Å². The minimum Gasteiger partial charge on any atom is -0.0723 e. The molecular formula is C24H24. The molecule has 24 heavy (non-hydrogen) atoms. The predicted octanol–water partition coefficient (Wildman–Crippen LogP) is 6.40. The molecule has 2 aliphatic carbocycles. The molecule has 1 atom stereocenters. The molecule has 2 aliphatic rings. The fraction of sp³-hybridized carbons (Fsp3) is 0.250. The van der Waals surface area contributed by atoms with Crippen molar-refractivity contribution in [3.05, 3.63) is 100 Å². The molecule has 120 valence electrons. The highest BCUT2D eigenvalue weighted by Crippen LogP contribution is 2.49. The zero-order valence-electron chi connectivity index (χ0n) is 14.9. The average Bonchev–Trinajstić information content (AvgIpc) is 2.87. The van der Waals surface area contributed by atoms with E-state index in [9.17, 15) is 0 Å². The van der Waals surface area contributed by atoms with Crippen molar-refractivity contribution in [2.45, 2.75) is 39.0 Å². The molecule has 0 bridgehead atoms. The summed E-state index contributed by atoms with van der Waals surface area (Å²) in [6.45, 7) is 9.10. The highest BCUT2D eigenvalue weighted by atomic mass is 14.4. The average molecular weight is 312 g/mol. The van der Waals surface area contributed by atoms with E-state index in [0.29, 0.717) is 5.92 Å². The van der Waals surface area contributed by atoms with Crippen LogP contribution in [0.5, 0.6) is 0 Å².